The minimum atomic E-state index is -3.65. The molecule has 0 N–H and O–H groups in total. The van der Waals surface area contributed by atoms with Crippen molar-refractivity contribution in [1.29, 1.82) is 0 Å². The molecule has 3 aromatic rings. The molecule has 2 aromatic carbocycles. The highest BCUT2D eigenvalue weighted by Gasteiger charge is 2.34. The number of sulfonamides is 1. The second-order valence-corrected chi connectivity index (χ2v) is 9.78. The van der Waals surface area contributed by atoms with E-state index in [9.17, 15) is 8.42 Å². The van der Waals surface area contributed by atoms with E-state index in [-0.39, 0.29) is 10.8 Å². The van der Waals surface area contributed by atoms with Crippen molar-refractivity contribution in [2.45, 2.75) is 37.5 Å². The Morgan fingerprint density at radius 2 is 1.90 bits per heavy atom. The van der Waals surface area contributed by atoms with Gasteiger partial charge < -0.3 is 4.52 Å². The van der Waals surface area contributed by atoms with Crippen molar-refractivity contribution in [1.82, 2.24) is 14.4 Å². The molecule has 2 heterocycles. The summed E-state index contributed by atoms with van der Waals surface area (Å²) < 4.78 is 33.4. The lowest BCUT2D eigenvalue weighted by Gasteiger charge is -2.30. The number of nitrogens with zero attached hydrogens (tertiary/aromatic N) is 3. The molecule has 1 aromatic heterocycles. The zero-order chi connectivity index (χ0) is 20.6. The molecule has 29 heavy (non-hydrogen) atoms. The summed E-state index contributed by atoms with van der Waals surface area (Å²) in [4.78, 5) is 4.78. The molecule has 1 saturated heterocycles. The van der Waals surface area contributed by atoms with Crippen molar-refractivity contribution >= 4 is 21.6 Å². The van der Waals surface area contributed by atoms with Gasteiger partial charge in [0.25, 0.3) is 0 Å². The Morgan fingerprint density at radius 3 is 2.66 bits per heavy atom. The van der Waals surface area contributed by atoms with E-state index in [0.717, 1.165) is 24.0 Å². The molecular weight excluding hydrogens is 410 g/mol. The van der Waals surface area contributed by atoms with E-state index >= 15 is 0 Å². The van der Waals surface area contributed by atoms with E-state index in [0.29, 0.717) is 35.4 Å². The smallest absolute Gasteiger partial charge is 0.243 e. The molecule has 1 aliphatic rings. The number of rotatable bonds is 4. The summed E-state index contributed by atoms with van der Waals surface area (Å²) in [6.07, 6.45) is 1.53. The topological polar surface area (TPSA) is 76.3 Å². The molecule has 1 atom stereocenters. The van der Waals surface area contributed by atoms with E-state index in [1.807, 2.05) is 31.2 Å². The Morgan fingerprint density at radius 1 is 1.14 bits per heavy atom. The van der Waals surface area contributed by atoms with Crippen molar-refractivity contribution in [3.05, 3.63) is 64.5 Å². The molecule has 0 amide bonds. The molecule has 0 spiro atoms. The molecule has 4 rings (SSSR count). The van der Waals surface area contributed by atoms with Crippen LogP contribution in [-0.2, 0) is 10.0 Å². The van der Waals surface area contributed by atoms with Crippen LogP contribution in [0.1, 0.15) is 35.8 Å². The van der Waals surface area contributed by atoms with Gasteiger partial charge in [0.2, 0.25) is 21.7 Å². The maximum atomic E-state index is 13.2. The first kappa shape index (κ1) is 20.1. The van der Waals surface area contributed by atoms with E-state index in [1.54, 1.807) is 19.1 Å². The highest BCUT2D eigenvalue weighted by atomic mass is 35.5. The molecule has 0 bridgehead atoms. The summed E-state index contributed by atoms with van der Waals surface area (Å²) in [5.74, 6) is 0.860. The normalized spacial score (nSPS) is 18.1. The van der Waals surface area contributed by atoms with Gasteiger partial charge in [-0.1, -0.05) is 52.7 Å². The summed E-state index contributed by atoms with van der Waals surface area (Å²) in [7, 11) is -3.65. The van der Waals surface area contributed by atoms with Crippen molar-refractivity contribution < 1.29 is 12.9 Å². The molecule has 1 fully saturated rings. The van der Waals surface area contributed by atoms with Crippen molar-refractivity contribution in [3.63, 3.8) is 0 Å². The van der Waals surface area contributed by atoms with Gasteiger partial charge in [0.1, 0.15) is 0 Å². The van der Waals surface area contributed by atoms with Gasteiger partial charge in [0, 0.05) is 23.7 Å². The first-order valence-corrected chi connectivity index (χ1v) is 11.3. The van der Waals surface area contributed by atoms with Gasteiger partial charge in [-0.15, -0.1) is 0 Å². The van der Waals surface area contributed by atoms with Gasteiger partial charge >= 0.3 is 0 Å². The third kappa shape index (κ3) is 4.08. The van der Waals surface area contributed by atoms with Gasteiger partial charge in [-0.25, -0.2) is 8.42 Å². The predicted molar refractivity (Wildman–Crippen MR) is 111 cm³/mol. The Kier molecular flexibility index (Phi) is 5.46. The minimum Gasteiger partial charge on any atom is -0.339 e. The van der Waals surface area contributed by atoms with Gasteiger partial charge in [-0.05, 0) is 44.4 Å². The van der Waals surface area contributed by atoms with E-state index in [4.69, 9.17) is 16.1 Å². The standard InChI is InChI=1S/C21H22ClN3O3S/c1-14-5-8-16(9-6-14)20-23-21(28-24-20)17-4-3-11-25(13-17)29(26,27)19-12-18(22)10-7-15(19)2/h5-10,12,17H,3-4,11,13H2,1-2H3/t17-/m1/s1. The molecule has 0 aliphatic carbocycles. The molecule has 0 unspecified atom stereocenters. The molecule has 8 heteroatoms. The van der Waals surface area contributed by atoms with Crippen LogP contribution in [0.15, 0.2) is 51.9 Å². The summed E-state index contributed by atoms with van der Waals surface area (Å²) >= 11 is 6.04. The van der Waals surface area contributed by atoms with Crippen LogP contribution in [0.5, 0.6) is 0 Å². The van der Waals surface area contributed by atoms with Crippen molar-refractivity contribution in [2.75, 3.05) is 13.1 Å². The van der Waals surface area contributed by atoms with E-state index in [2.05, 4.69) is 10.1 Å². The predicted octanol–water partition coefficient (Wildman–Crippen LogP) is 4.58. The Bertz CT molecular complexity index is 1130. The first-order chi connectivity index (χ1) is 13.8. The van der Waals surface area contributed by atoms with Gasteiger partial charge in [0.05, 0.1) is 10.8 Å². The quantitative estimate of drug-likeness (QED) is 0.604. The average Bonchev–Trinajstić information content (AvgIpc) is 3.20. The maximum Gasteiger partial charge on any atom is 0.243 e. The van der Waals surface area contributed by atoms with Gasteiger partial charge in [-0.2, -0.15) is 9.29 Å². The Balaban J connectivity index is 1.57. The number of aromatic nitrogens is 2. The fourth-order valence-corrected chi connectivity index (χ4v) is 5.59. The van der Waals surface area contributed by atoms with Crippen molar-refractivity contribution in [2.24, 2.45) is 0 Å². The lowest BCUT2D eigenvalue weighted by atomic mass is 10.00. The SMILES string of the molecule is Cc1ccc(-c2noc([C@@H]3CCCN(S(=O)(=O)c4cc(Cl)ccc4C)C3)n2)cc1. The highest BCUT2D eigenvalue weighted by molar-refractivity contribution is 7.89. The number of hydrogen-bond acceptors (Lipinski definition) is 5. The van der Waals surface area contributed by atoms with Crippen LogP contribution in [0.25, 0.3) is 11.4 Å². The van der Waals surface area contributed by atoms with Crippen LogP contribution < -0.4 is 0 Å². The van der Waals surface area contributed by atoms with Crippen LogP contribution in [-0.4, -0.2) is 36.0 Å². The largest absolute Gasteiger partial charge is 0.339 e. The van der Waals surface area contributed by atoms with Crippen LogP contribution in [0.4, 0.5) is 0 Å². The summed E-state index contributed by atoms with van der Waals surface area (Å²) in [5, 5.41) is 4.50. The van der Waals surface area contributed by atoms with Crippen LogP contribution in [0.2, 0.25) is 5.02 Å². The first-order valence-electron chi connectivity index (χ1n) is 9.51. The number of hydrogen-bond donors (Lipinski definition) is 0. The highest BCUT2D eigenvalue weighted by Crippen LogP contribution is 2.32. The third-order valence-corrected chi connectivity index (χ3v) is 7.50. The lowest BCUT2D eigenvalue weighted by Crippen LogP contribution is -2.39. The van der Waals surface area contributed by atoms with Gasteiger partial charge in [0.15, 0.2) is 0 Å². The number of halogens is 1. The Labute approximate surface area is 175 Å². The molecule has 152 valence electrons. The van der Waals surface area contributed by atoms with Crippen LogP contribution in [0.3, 0.4) is 0 Å². The average molecular weight is 432 g/mol. The maximum absolute atomic E-state index is 13.2. The monoisotopic (exact) mass is 431 g/mol. The second kappa shape index (κ2) is 7.89. The Hall–Kier alpha value is -2.22. The molecule has 0 saturated carbocycles. The molecule has 0 radical (unpaired) electrons. The number of piperidine rings is 1. The number of aryl methyl sites for hydroxylation is 2. The zero-order valence-electron chi connectivity index (χ0n) is 16.3. The molecule has 6 nitrogen and oxygen atoms in total. The number of benzene rings is 2. The summed E-state index contributed by atoms with van der Waals surface area (Å²) in [6.45, 7) is 4.56. The van der Waals surface area contributed by atoms with Crippen molar-refractivity contribution in [3.8, 4) is 11.4 Å². The lowest BCUT2D eigenvalue weighted by molar-refractivity contribution is 0.265. The van der Waals surface area contributed by atoms with Crippen LogP contribution >= 0.6 is 11.6 Å². The van der Waals surface area contributed by atoms with E-state index < -0.39 is 10.0 Å². The fourth-order valence-electron chi connectivity index (χ4n) is 3.57. The van der Waals surface area contributed by atoms with Crippen LogP contribution in [0, 0.1) is 13.8 Å². The van der Waals surface area contributed by atoms with Gasteiger partial charge in [-0.3, -0.25) is 0 Å². The van der Waals surface area contributed by atoms with E-state index in [1.165, 1.54) is 10.4 Å². The molecule has 1 aliphatic heterocycles. The summed E-state index contributed by atoms with van der Waals surface area (Å²) in [6, 6.07) is 12.8. The zero-order valence-corrected chi connectivity index (χ0v) is 17.9. The summed E-state index contributed by atoms with van der Waals surface area (Å²) in [5.41, 5.74) is 2.71. The minimum absolute atomic E-state index is 0.135. The fraction of sp³-hybridized carbons (Fsp3) is 0.333. The third-order valence-electron chi connectivity index (χ3n) is 5.25. The molecular formula is C21H22ClN3O3S. The second-order valence-electron chi connectivity index (χ2n) is 7.43.